The molecule has 3 heteroatoms. The van der Waals surface area contributed by atoms with Gasteiger partial charge >= 0.3 is 0 Å². The summed E-state index contributed by atoms with van der Waals surface area (Å²) < 4.78 is 0. The smallest absolute Gasteiger partial charge is 0.0991 e. The van der Waals surface area contributed by atoms with E-state index in [-0.39, 0.29) is 6.61 Å². The van der Waals surface area contributed by atoms with Crippen LogP contribution < -0.4 is 0 Å². The summed E-state index contributed by atoms with van der Waals surface area (Å²) in [6, 6.07) is 0. The Morgan fingerprint density at radius 1 is 1.06 bits per heavy atom. The van der Waals surface area contributed by atoms with Crippen molar-refractivity contribution >= 4 is 5.84 Å². The quantitative estimate of drug-likeness (QED) is 0.575. The molecule has 1 aliphatic heterocycles. The molecule has 0 aliphatic carbocycles. The van der Waals surface area contributed by atoms with Crippen molar-refractivity contribution in [3.63, 3.8) is 0 Å². The van der Waals surface area contributed by atoms with Gasteiger partial charge in [-0.25, -0.2) is 0 Å². The van der Waals surface area contributed by atoms with Crippen LogP contribution in [-0.2, 0) is 0 Å². The molecule has 3 nitrogen and oxygen atoms in total. The molecular weight excluding hydrogens is 224 g/mol. The van der Waals surface area contributed by atoms with Crippen LogP contribution in [0.1, 0.15) is 64.7 Å². The van der Waals surface area contributed by atoms with Crippen molar-refractivity contribution in [2.75, 3.05) is 26.2 Å². The summed E-state index contributed by atoms with van der Waals surface area (Å²) in [6.45, 7) is 5.20. The van der Waals surface area contributed by atoms with Gasteiger partial charge in [0.05, 0.1) is 19.0 Å². The van der Waals surface area contributed by atoms with Crippen LogP contribution in [0.25, 0.3) is 0 Å². The minimum atomic E-state index is 0.246. The predicted octanol–water partition coefficient (Wildman–Crippen LogP) is 3.22. The molecule has 0 saturated heterocycles. The van der Waals surface area contributed by atoms with E-state index in [1.165, 1.54) is 57.2 Å². The molecule has 1 N–H and O–H groups in total. The van der Waals surface area contributed by atoms with E-state index in [1.807, 2.05) is 0 Å². The van der Waals surface area contributed by atoms with E-state index in [0.29, 0.717) is 0 Å². The Kier molecular flexibility index (Phi) is 8.92. The van der Waals surface area contributed by atoms with Gasteiger partial charge in [0.1, 0.15) is 0 Å². The van der Waals surface area contributed by atoms with E-state index in [9.17, 15) is 0 Å². The maximum Gasteiger partial charge on any atom is 0.0991 e. The van der Waals surface area contributed by atoms with Gasteiger partial charge in [0, 0.05) is 19.5 Å². The Bertz CT molecular complexity index is 229. The van der Waals surface area contributed by atoms with Crippen molar-refractivity contribution in [2.45, 2.75) is 64.7 Å². The number of rotatable bonds is 11. The zero-order valence-corrected chi connectivity index (χ0v) is 12.0. The molecule has 0 bridgehead atoms. The van der Waals surface area contributed by atoms with Gasteiger partial charge in [-0.2, -0.15) is 0 Å². The number of aliphatic hydroxyl groups is 1. The second-order valence-electron chi connectivity index (χ2n) is 5.23. The maximum atomic E-state index is 8.96. The largest absolute Gasteiger partial charge is 0.395 e. The summed E-state index contributed by atoms with van der Waals surface area (Å²) in [7, 11) is 0. The average molecular weight is 254 g/mol. The molecule has 0 saturated carbocycles. The maximum absolute atomic E-state index is 8.96. The lowest BCUT2D eigenvalue weighted by Gasteiger charge is -2.18. The van der Waals surface area contributed by atoms with E-state index in [0.717, 1.165) is 26.1 Å². The van der Waals surface area contributed by atoms with Crippen LogP contribution in [0.4, 0.5) is 0 Å². The van der Waals surface area contributed by atoms with Gasteiger partial charge in [0.25, 0.3) is 0 Å². The fraction of sp³-hybridized carbons (Fsp3) is 0.933. The number of hydrogen-bond donors (Lipinski definition) is 1. The van der Waals surface area contributed by atoms with Gasteiger partial charge in [-0.15, -0.1) is 0 Å². The van der Waals surface area contributed by atoms with Crippen LogP contribution in [-0.4, -0.2) is 42.1 Å². The summed E-state index contributed by atoms with van der Waals surface area (Å²) >= 11 is 0. The second-order valence-corrected chi connectivity index (χ2v) is 5.23. The third-order valence-electron chi connectivity index (χ3n) is 3.65. The van der Waals surface area contributed by atoms with E-state index in [4.69, 9.17) is 5.11 Å². The van der Waals surface area contributed by atoms with Crippen molar-refractivity contribution in [1.82, 2.24) is 4.90 Å². The van der Waals surface area contributed by atoms with Crippen LogP contribution >= 0.6 is 0 Å². The molecule has 1 aliphatic rings. The van der Waals surface area contributed by atoms with E-state index >= 15 is 0 Å². The number of unbranched alkanes of at least 4 members (excludes halogenated alkanes) is 7. The molecule has 0 aromatic carbocycles. The lowest BCUT2D eigenvalue weighted by molar-refractivity contribution is 0.255. The fourth-order valence-electron chi connectivity index (χ4n) is 2.54. The van der Waals surface area contributed by atoms with E-state index in [2.05, 4.69) is 16.8 Å². The zero-order valence-electron chi connectivity index (χ0n) is 12.0. The molecule has 0 aromatic heterocycles. The first-order chi connectivity index (χ1) is 8.88. The number of amidine groups is 1. The number of aliphatic imine (C=N–C) groups is 1. The van der Waals surface area contributed by atoms with Crippen LogP contribution in [0.5, 0.6) is 0 Å². The summed E-state index contributed by atoms with van der Waals surface area (Å²) in [5.74, 6) is 1.23. The van der Waals surface area contributed by atoms with E-state index < -0.39 is 0 Å². The second kappa shape index (κ2) is 10.4. The molecule has 0 aromatic rings. The minimum Gasteiger partial charge on any atom is -0.395 e. The molecule has 0 spiro atoms. The minimum absolute atomic E-state index is 0.246. The van der Waals surface area contributed by atoms with Gasteiger partial charge in [-0.05, 0) is 6.42 Å². The lowest BCUT2D eigenvalue weighted by Crippen LogP contribution is -2.30. The molecule has 18 heavy (non-hydrogen) atoms. The van der Waals surface area contributed by atoms with E-state index in [1.54, 1.807) is 0 Å². The van der Waals surface area contributed by atoms with Crippen LogP contribution in [0.3, 0.4) is 0 Å². The molecule has 1 heterocycles. The Labute approximate surface area is 112 Å². The van der Waals surface area contributed by atoms with Crippen molar-refractivity contribution in [1.29, 1.82) is 0 Å². The molecule has 0 atom stereocenters. The Hall–Kier alpha value is -0.570. The lowest BCUT2D eigenvalue weighted by atomic mass is 10.1. The Morgan fingerprint density at radius 3 is 2.39 bits per heavy atom. The number of aliphatic hydroxyl groups excluding tert-OH is 1. The zero-order chi connectivity index (χ0) is 13.1. The summed E-state index contributed by atoms with van der Waals surface area (Å²) in [5.41, 5.74) is 0. The van der Waals surface area contributed by atoms with Gasteiger partial charge in [-0.1, -0.05) is 51.9 Å². The molecule has 1 rings (SSSR count). The number of β-amino-alcohol motifs (C(OH)–C–C–N with tert-alkyl or cyclic N) is 1. The molecule has 106 valence electrons. The third kappa shape index (κ3) is 6.39. The number of nitrogens with zero attached hydrogens (tertiary/aromatic N) is 2. The topological polar surface area (TPSA) is 35.8 Å². The van der Waals surface area contributed by atoms with Gasteiger partial charge in [0.15, 0.2) is 0 Å². The number of hydrogen-bond acceptors (Lipinski definition) is 3. The van der Waals surface area contributed by atoms with Gasteiger partial charge in [-0.3, -0.25) is 4.99 Å². The summed E-state index contributed by atoms with van der Waals surface area (Å²) in [4.78, 5) is 6.76. The molecule has 0 unspecified atom stereocenters. The highest BCUT2D eigenvalue weighted by Gasteiger charge is 2.14. The SMILES string of the molecule is CCCCCCCCCCC1=NCCN1CCO. The van der Waals surface area contributed by atoms with Gasteiger partial charge < -0.3 is 10.0 Å². The highest BCUT2D eigenvalue weighted by atomic mass is 16.3. The summed E-state index contributed by atoms with van der Waals surface area (Å²) in [6.07, 6.45) is 12.0. The van der Waals surface area contributed by atoms with Crippen LogP contribution in [0, 0.1) is 0 Å². The predicted molar refractivity (Wildman–Crippen MR) is 78.2 cm³/mol. The fourth-order valence-corrected chi connectivity index (χ4v) is 2.54. The van der Waals surface area contributed by atoms with Crippen LogP contribution in [0.15, 0.2) is 4.99 Å². The van der Waals surface area contributed by atoms with Crippen molar-refractivity contribution in [3.8, 4) is 0 Å². The monoisotopic (exact) mass is 254 g/mol. The first-order valence-electron chi connectivity index (χ1n) is 7.77. The first-order valence-corrected chi connectivity index (χ1v) is 7.77. The molecule has 0 fully saturated rings. The normalized spacial score (nSPS) is 15.2. The summed E-state index contributed by atoms with van der Waals surface area (Å²) in [5, 5.41) is 8.96. The average Bonchev–Trinajstić information content (AvgIpc) is 2.81. The molecule has 0 amide bonds. The highest BCUT2D eigenvalue weighted by Crippen LogP contribution is 2.12. The standard InChI is InChI=1S/C15H30N2O/c1-2-3-4-5-6-7-8-9-10-15-16-11-12-17(15)13-14-18/h18H,2-14H2,1H3. The van der Waals surface area contributed by atoms with Crippen molar-refractivity contribution in [3.05, 3.63) is 0 Å². The molecular formula is C15H30N2O. The Balaban J connectivity index is 1.94. The third-order valence-corrected chi connectivity index (χ3v) is 3.65. The molecule has 0 radical (unpaired) electrons. The van der Waals surface area contributed by atoms with Crippen molar-refractivity contribution in [2.24, 2.45) is 4.99 Å². The first kappa shape index (κ1) is 15.5. The highest BCUT2D eigenvalue weighted by molar-refractivity contribution is 5.83. The van der Waals surface area contributed by atoms with Gasteiger partial charge in [0.2, 0.25) is 0 Å². The van der Waals surface area contributed by atoms with Crippen LogP contribution in [0.2, 0.25) is 0 Å². The Morgan fingerprint density at radius 2 is 1.72 bits per heavy atom. The van der Waals surface area contributed by atoms with Crippen molar-refractivity contribution < 1.29 is 5.11 Å².